The third-order valence-electron chi connectivity index (χ3n) is 3.40. The van der Waals surface area contributed by atoms with Crippen LogP contribution in [0.1, 0.15) is 47.5 Å². The molecule has 0 aliphatic carbocycles. The summed E-state index contributed by atoms with van der Waals surface area (Å²) in [7, 11) is 0. The number of Topliss-reactive ketones (excluding diaryl/α,β-unsaturated/α-hetero) is 1. The van der Waals surface area contributed by atoms with Gasteiger partial charge in [-0.2, -0.15) is 0 Å². The molecule has 0 radical (unpaired) electrons. The number of hydrogen-bond donors (Lipinski definition) is 1. The smallest absolute Gasteiger partial charge is 0.411 e. The Kier molecular flexibility index (Phi) is 4.96. The maximum Gasteiger partial charge on any atom is 0.411 e. The fourth-order valence-corrected chi connectivity index (χ4v) is 2.52. The van der Waals surface area contributed by atoms with Crippen LogP contribution in [0.15, 0.2) is 0 Å². The Morgan fingerprint density at radius 2 is 1.89 bits per heavy atom. The number of ketones is 1. The number of ether oxygens (including phenoxy) is 1. The molecule has 3 unspecified atom stereocenters. The zero-order valence-electron chi connectivity index (χ0n) is 12.5. The van der Waals surface area contributed by atoms with E-state index >= 15 is 0 Å². The minimum Gasteiger partial charge on any atom is -0.444 e. The van der Waals surface area contributed by atoms with Crippen molar-refractivity contribution in [3.05, 3.63) is 0 Å². The van der Waals surface area contributed by atoms with Crippen molar-refractivity contribution in [3.8, 4) is 0 Å². The zero-order valence-corrected chi connectivity index (χ0v) is 12.5. The molecular weight excluding hydrogens is 246 g/mol. The Balaban J connectivity index is 2.92. The number of hydrogen-bond acceptors (Lipinski definition) is 4. The first kappa shape index (κ1) is 16.0. The third-order valence-corrected chi connectivity index (χ3v) is 3.40. The summed E-state index contributed by atoms with van der Waals surface area (Å²) in [6.45, 7) is 9.21. The molecule has 19 heavy (non-hydrogen) atoms. The lowest BCUT2D eigenvalue weighted by Crippen LogP contribution is -2.45. The van der Waals surface area contributed by atoms with Gasteiger partial charge in [-0.05, 0) is 27.2 Å². The number of likely N-dealkylation sites (tertiary alicyclic amines) is 1. The number of carbonyl (C=O) groups is 2. The highest BCUT2D eigenvalue weighted by atomic mass is 16.6. The molecule has 0 aromatic heterocycles. The van der Waals surface area contributed by atoms with Gasteiger partial charge in [-0.15, -0.1) is 0 Å². The van der Waals surface area contributed by atoms with Crippen molar-refractivity contribution in [1.29, 1.82) is 0 Å². The van der Waals surface area contributed by atoms with Gasteiger partial charge in [0.1, 0.15) is 5.60 Å². The normalized spacial score (nSPS) is 27.5. The van der Waals surface area contributed by atoms with Gasteiger partial charge in [-0.3, -0.25) is 9.69 Å². The molecule has 5 heteroatoms. The van der Waals surface area contributed by atoms with E-state index < -0.39 is 23.8 Å². The maximum absolute atomic E-state index is 12.1. The minimum atomic E-state index is -0.655. The molecule has 5 nitrogen and oxygen atoms in total. The fourth-order valence-electron chi connectivity index (χ4n) is 2.52. The molecule has 1 amide bonds. The fraction of sp³-hybridized carbons (Fsp3) is 0.857. The van der Waals surface area contributed by atoms with E-state index in [1.54, 1.807) is 27.7 Å². The van der Waals surface area contributed by atoms with Gasteiger partial charge in [0.25, 0.3) is 0 Å². The lowest BCUT2D eigenvalue weighted by Gasteiger charge is -2.29. The molecule has 0 spiro atoms. The summed E-state index contributed by atoms with van der Waals surface area (Å²) in [5.41, 5.74) is -0.605. The Labute approximate surface area is 114 Å². The Morgan fingerprint density at radius 3 is 2.32 bits per heavy atom. The summed E-state index contributed by atoms with van der Waals surface area (Å²) in [6.07, 6.45) is -0.156. The van der Waals surface area contributed by atoms with Crippen LogP contribution in [0, 0.1) is 5.92 Å². The van der Waals surface area contributed by atoms with Gasteiger partial charge in [-0.25, -0.2) is 4.79 Å². The molecule has 0 aromatic rings. The maximum atomic E-state index is 12.1. The van der Waals surface area contributed by atoms with Gasteiger partial charge < -0.3 is 9.84 Å². The number of amides is 1. The molecule has 110 valence electrons. The molecule has 1 aliphatic rings. The van der Waals surface area contributed by atoms with Crippen molar-refractivity contribution in [2.75, 3.05) is 6.54 Å². The number of carbonyl (C=O) groups excluding carboxylic acids is 2. The second-order valence-corrected chi connectivity index (χ2v) is 6.04. The topological polar surface area (TPSA) is 66.8 Å². The quantitative estimate of drug-likeness (QED) is 0.852. The lowest BCUT2D eigenvalue weighted by atomic mass is 9.91. The van der Waals surface area contributed by atoms with E-state index in [9.17, 15) is 14.7 Å². The van der Waals surface area contributed by atoms with E-state index in [-0.39, 0.29) is 18.2 Å². The summed E-state index contributed by atoms with van der Waals surface area (Å²) in [5.74, 6) is -0.214. The zero-order chi connectivity index (χ0) is 14.8. The monoisotopic (exact) mass is 271 g/mol. The van der Waals surface area contributed by atoms with Crippen LogP contribution in [0.5, 0.6) is 0 Å². The molecule has 0 aromatic carbocycles. The average molecular weight is 271 g/mol. The molecule has 0 bridgehead atoms. The van der Waals surface area contributed by atoms with Crippen LogP contribution < -0.4 is 0 Å². The molecule has 1 rings (SSSR count). The van der Waals surface area contributed by atoms with E-state index in [2.05, 4.69) is 0 Å². The Bertz CT molecular complexity index is 348. The molecule has 1 N–H and O–H groups in total. The number of rotatable bonds is 3. The van der Waals surface area contributed by atoms with Crippen molar-refractivity contribution in [3.63, 3.8) is 0 Å². The molecular formula is C14H25NO4. The summed E-state index contributed by atoms with van der Waals surface area (Å²) in [6, 6.07) is -0.556. The first-order chi connectivity index (χ1) is 8.71. The first-order valence-electron chi connectivity index (χ1n) is 6.91. The van der Waals surface area contributed by atoms with Crippen LogP contribution in [0.3, 0.4) is 0 Å². The van der Waals surface area contributed by atoms with Crippen LogP contribution in [0.4, 0.5) is 4.79 Å². The highest BCUT2D eigenvalue weighted by Gasteiger charge is 2.46. The van der Waals surface area contributed by atoms with Crippen molar-refractivity contribution >= 4 is 11.9 Å². The van der Waals surface area contributed by atoms with Crippen molar-refractivity contribution in [2.24, 2.45) is 5.92 Å². The largest absolute Gasteiger partial charge is 0.444 e. The summed E-state index contributed by atoms with van der Waals surface area (Å²) in [4.78, 5) is 25.6. The van der Waals surface area contributed by atoms with E-state index in [1.807, 2.05) is 6.92 Å². The summed E-state index contributed by atoms with van der Waals surface area (Å²) < 4.78 is 5.31. The van der Waals surface area contributed by atoms with Gasteiger partial charge in [0.15, 0.2) is 5.78 Å². The van der Waals surface area contributed by atoms with Crippen molar-refractivity contribution in [1.82, 2.24) is 4.90 Å². The van der Waals surface area contributed by atoms with E-state index in [1.165, 1.54) is 4.90 Å². The molecule has 1 fully saturated rings. The van der Waals surface area contributed by atoms with Gasteiger partial charge in [0.2, 0.25) is 0 Å². The lowest BCUT2D eigenvalue weighted by molar-refractivity contribution is -0.124. The van der Waals surface area contributed by atoms with Gasteiger partial charge in [-0.1, -0.05) is 13.8 Å². The standard InChI is InChI=1S/C14H25NO4/c1-6-9-11(17)8-15(12(9)10(16)7-2)13(18)19-14(3,4)5/h9,11-12,17H,6-8H2,1-5H3. The molecule has 3 atom stereocenters. The highest BCUT2D eigenvalue weighted by Crippen LogP contribution is 2.30. The molecule has 1 heterocycles. The van der Waals surface area contributed by atoms with E-state index in [4.69, 9.17) is 4.74 Å². The van der Waals surface area contributed by atoms with Crippen molar-refractivity contribution in [2.45, 2.75) is 65.2 Å². The minimum absolute atomic E-state index is 0.0192. The van der Waals surface area contributed by atoms with E-state index in [0.717, 1.165) is 0 Å². The van der Waals surface area contributed by atoms with E-state index in [0.29, 0.717) is 12.8 Å². The predicted molar refractivity (Wildman–Crippen MR) is 71.8 cm³/mol. The molecule has 1 aliphatic heterocycles. The second kappa shape index (κ2) is 5.90. The summed E-state index contributed by atoms with van der Waals surface area (Å²) >= 11 is 0. The van der Waals surface area contributed by atoms with Crippen LogP contribution in [-0.4, -0.2) is 46.2 Å². The van der Waals surface area contributed by atoms with Crippen LogP contribution >= 0.6 is 0 Å². The molecule has 0 saturated carbocycles. The predicted octanol–water partition coefficient (Wildman–Crippen LogP) is 1.97. The van der Waals surface area contributed by atoms with Gasteiger partial charge in [0, 0.05) is 12.3 Å². The number of aliphatic hydroxyl groups excluding tert-OH is 1. The van der Waals surface area contributed by atoms with Crippen LogP contribution in [0.2, 0.25) is 0 Å². The van der Waals surface area contributed by atoms with Crippen molar-refractivity contribution < 1.29 is 19.4 Å². The number of nitrogens with zero attached hydrogens (tertiary/aromatic N) is 1. The second-order valence-electron chi connectivity index (χ2n) is 6.04. The Hall–Kier alpha value is -1.10. The highest BCUT2D eigenvalue weighted by molar-refractivity contribution is 5.88. The van der Waals surface area contributed by atoms with Gasteiger partial charge in [0.05, 0.1) is 18.7 Å². The van der Waals surface area contributed by atoms with Crippen LogP contribution in [-0.2, 0) is 9.53 Å². The first-order valence-corrected chi connectivity index (χ1v) is 6.91. The number of aliphatic hydroxyl groups is 1. The third kappa shape index (κ3) is 3.69. The Morgan fingerprint density at radius 1 is 1.32 bits per heavy atom. The average Bonchev–Trinajstić information content (AvgIpc) is 2.63. The summed E-state index contributed by atoms with van der Waals surface area (Å²) in [5, 5.41) is 10.0. The van der Waals surface area contributed by atoms with Crippen LogP contribution in [0.25, 0.3) is 0 Å². The SMILES string of the molecule is CCC(=O)C1C(CC)C(O)CN1C(=O)OC(C)(C)C. The number of β-amino-alcohol motifs (C(OH)–C–C–N with tert-alkyl or cyclic N) is 1. The molecule has 1 saturated heterocycles. The van der Waals surface area contributed by atoms with Gasteiger partial charge >= 0.3 is 6.09 Å².